The molecule has 1 aromatic rings. The minimum Gasteiger partial charge on any atom is -0.366 e. The van der Waals surface area contributed by atoms with Crippen LogP contribution < -0.4 is 16.0 Å². The molecule has 1 aliphatic rings. The number of carbonyl (C=O) groups is 2. The summed E-state index contributed by atoms with van der Waals surface area (Å²) in [6.07, 6.45) is -0.494. The third-order valence-electron chi connectivity index (χ3n) is 3.20. The quantitative estimate of drug-likeness (QED) is 0.741. The second-order valence-corrected chi connectivity index (χ2v) is 4.66. The number of rotatable bonds is 3. The van der Waals surface area contributed by atoms with Gasteiger partial charge in [0.2, 0.25) is 0 Å². The number of aryl methyl sites for hydroxylation is 1. The van der Waals surface area contributed by atoms with E-state index < -0.39 is 6.10 Å². The molecule has 0 bridgehead atoms. The third-order valence-corrected chi connectivity index (χ3v) is 3.20. The van der Waals surface area contributed by atoms with E-state index in [1.807, 2.05) is 6.92 Å². The summed E-state index contributed by atoms with van der Waals surface area (Å²) >= 11 is 0. The van der Waals surface area contributed by atoms with Crippen LogP contribution in [0.2, 0.25) is 0 Å². The van der Waals surface area contributed by atoms with Crippen molar-refractivity contribution in [3.63, 3.8) is 0 Å². The summed E-state index contributed by atoms with van der Waals surface area (Å²) < 4.78 is 5.40. The zero-order valence-electron chi connectivity index (χ0n) is 11.7. The van der Waals surface area contributed by atoms with Crippen molar-refractivity contribution in [1.29, 1.82) is 0 Å². The lowest BCUT2D eigenvalue weighted by atomic mass is 10.1. The standard InChI is InChI=1S/C14H19N3O3/c1-9-3-4-10(13(18)15-2)7-11(9)17-14(19)12-8-16-5-6-20-12/h3-4,7,12,16H,5-6,8H2,1-2H3,(H,15,18)(H,17,19). The van der Waals surface area contributed by atoms with Gasteiger partial charge in [0.15, 0.2) is 0 Å². The Bertz CT molecular complexity index is 510. The molecule has 1 unspecified atom stereocenters. The van der Waals surface area contributed by atoms with Gasteiger partial charge in [0, 0.05) is 31.4 Å². The molecule has 0 aliphatic carbocycles. The second-order valence-electron chi connectivity index (χ2n) is 4.66. The van der Waals surface area contributed by atoms with Gasteiger partial charge in [-0.15, -0.1) is 0 Å². The van der Waals surface area contributed by atoms with Crippen LogP contribution in [0.1, 0.15) is 15.9 Å². The van der Waals surface area contributed by atoms with E-state index in [1.165, 1.54) is 0 Å². The zero-order valence-corrected chi connectivity index (χ0v) is 11.7. The summed E-state index contributed by atoms with van der Waals surface area (Å²) in [7, 11) is 1.57. The van der Waals surface area contributed by atoms with Crippen LogP contribution in [0.4, 0.5) is 5.69 Å². The SMILES string of the molecule is CNC(=O)c1ccc(C)c(NC(=O)C2CNCCO2)c1. The molecule has 20 heavy (non-hydrogen) atoms. The highest BCUT2D eigenvalue weighted by Gasteiger charge is 2.22. The molecule has 6 heteroatoms. The Balaban J connectivity index is 2.11. The molecule has 2 rings (SSSR count). The molecule has 0 radical (unpaired) electrons. The van der Waals surface area contributed by atoms with E-state index in [2.05, 4.69) is 16.0 Å². The van der Waals surface area contributed by atoms with Gasteiger partial charge in [-0.3, -0.25) is 9.59 Å². The maximum Gasteiger partial charge on any atom is 0.254 e. The fraction of sp³-hybridized carbons (Fsp3) is 0.429. The molecule has 6 nitrogen and oxygen atoms in total. The lowest BCUT2D eigenvalue weighted by Gasteiger charge is -2.23. The predicted molar refractivity (Wildman–Crippen MR) is 75.8 cm³/mol. The summed E-state index contributed by atoms with van der Waals surface area (Å²) in [6.45, 7) is 3.66. The minimum absolute atomic E-state index is 0.184. The maximum absolute atomic E-state index is 12.1. The number of ether oxygens (including phenoxy) is 1. The van der Waals surface area contributed by atoms with Gasteiger partial charge in [0.1, 0.15) is 6.10 Å². The fourth-order valence-corrected chi connectivity index (χ4v) is 1.99. The van der Waals surface area contributed by atoms with Gasteiger partial charge in [-0.05, 0) is 24.6 Å². The van der Waals surface area contributed by atoms with Crippen molar-refractivity contribution in [2.24, 2.45) is 0 Å². The number of nitrogens with one attached hydrogen (secondary N) is 3. The normalized spacial score (nSPS) is 18.4. The summed E-state index contributed by atoms with van der Waals surface area (Å²) in [5.41, 5.74) is 2.04. The summed E-state index contributed by atoms with van der Waals surface area (Å²) in [5, 5.41) is 8.48. The number of anilines is 1. The van der Waals surface area contributed by atoms with Crippen LogP contribution in [0.15, 0.2) is 18.2 Å². The Morgan fingerprint density at radius 2 is 2.20 bits per heavy atom. The van der Waals surface area contributed by atoms with Gasteiger partial charge in [0.25, 0.3) is 11.8 Å². The first-order chi connectivity index (χ1) is 9.61. The van der Waals surface area contributed by atoms with Crippen molar-refractivity contribution < 1.29 is 14.3 Å². The molecule has 2 amide bonds. The first kappa shape index (κ1) is 14.5. The number of morpholine rings is 1. The van der Waals surface area contributed by atoms with Crippen molar-refractivity contribution in [2.45, 2.75) is 13.0 Å². The van der Waals surface area contributed by atoms with Crippen LogP contribution in [0.25, 0.3) is 0 Å². The average molecular weight is 277 g/mol. The Labute approximate surface area is 117 Å². The smallest absolute Gasteiger partial charge is 0.254 e. The van der Waals surface area contributed by atoms with Crippen molar-refractivity contribution in [3.8, 4) is 0 Å². The highest BCUT2D eigenvalue weighted by atomic mass is 16.5. The van der Waals surface area contributed by atoms with Gasteiger partial charge >= 0.3 is 0 Å². The molecular formula is C14H19N3O3. The number of amides is 2. The third kappa shape index (κ3) is 3.34. The minimum atomic E-state index is -0.494. The summed E-state index contributed by atoms with van der Waals surface area (Å²) in [4.78, 5) is 23.7. The molecule has 0 aromatic heterocycles. The van der Waals surface area contributed by atoms with Crippen LogP contribution >= 0.6 is 0 Å². The second kappa shape index (κ2) is 6.49. The Kier molecular flexibility index (Phi) is 4.70. The number of carbonyl (C=O) groups excluding carboxylic acids is 2. The Morgan fingerprint density at radius 1 is 1.40 bits per heavy atom. The maximum atomic E-state index is 12.1. The van der Waals surface area contributed by atoms with E-state index in [-0.39, 0.29) is 11.8 Å². The van der Waals surface area contributed by atoms with Crippen LogP contribution in [-0.4, -0.2) is 44.7 Å². The highest BCUT2D eigenvalue weighted by Crippen LogP contribution is 2.17. The van der Waals surface area contributed by atoms with Gasteiger partial charge in [0.05, 0.1) is 6.61 Å². The van der Waals surface area contributed by atoms with E-state index in [1.54, 1.807) is 25.2 Å². The van der Waals surface area contributed by atoms with Crippen molar-refractivity contribution >= 4 is 17.5 Å². The van der Waals surface area contributed by atoms with Crippen molar-refractivity contribution in [3.05, 3.63) is 29.3 Å². The van der Waals surface area contributed by atoms with Crippen LogP contribution in [0.5, 0.6) is 0 Å². The molecule has 1 atom stereocenters. The largest absolute Gasteiger partial charge is 0.366 e. The molecule has 3 N–H and O–H groups in total. The molecule has 1 fully saturated rings. The van der Waals surface area contributed by atoms with E-state index in [4.69, 9.17) is 4.74 Å². The molecule has 0 saturated carbocycles. The van der Waals surface area contributed by atoms with E-state index in [0.717, 1.165) is 12.1 Å². The molecular weight excluding hydrogens is 258 g/mol. The molecule has 108 valence electrons. The number of benzene rings is 1. The van der Waals surface area contributed by atoms with E-state index in [9.17, 15) is 9.59 Å². The van der Waals surface area contributed by atoms with Gasteiger partial charge in [-0.2, -0.15) is 0 Å². The van der Waals surface area contributed by atoms with Gasteiger partial charge in [-0.1, -0.05) is 6.07 Å². The monoisotopic (exact) mass is 277 g/mol. The Morgan fingerprint density at radius 3 is 2.85 bits per heavy atom. The highest BCUT2D eigenvalue weighted by molar-refractivity contribution is 5.98. The topological polar surface area (TPSA) is 79.5 Å². The van der Waals surface area contributed by atoms with Crippen LogP contribution in [0, 0.1) is 6.92 Å². The zero-order chi connectivity index (χ0) is 14.5. The molecule has 1 aromatic carbocycles. The number of hydrogen-bond donors (Lipinski definition) is 3. The van der Waals surface area contributed by atoms with Gasteiger partial charge in [-0.25, -0.2) is 0 Å². The Hall–Kier alpha value is -1.92. The molecule has 0 spiro atoms. The van der Waals surface area contributed by atoms with Crippen LogP contribution in [-0.2, 0) is 9.53 Å². The van der Waals surface area contributed by atoms with Crippen molar-refractivity contribution in [1.82, 2.24) is 10.6 Å². The fourth-order valence-electron chi connectivity index (χ4n) is 1.99. The molecule has 1 saturated heterocycles. The van der Waals surface area contributed by atoms with Crippen molar-refractivity contribution in [2.75, 3.05) is 32.1 Å². The number of hydrogen-bond acceptors (Lipinski definition) is 4. The average Bonchev–Trinajstić information content (AvgIpc) is 2.49. The molecule has 1 heterocycles. The lowest BCUT2D eigenvalue weighted by Crippen LogP contribution is -2.45. The summed E-state index contributed by atoms with van der Waals surface area (Å²) in [5.74, 6) is -0.384. The summed E-state index contributed by atoms with van der Waals surface area (Å²) in [6, 6.07) is 5.20. The predicted octanol–water partition coefficient (Wildman–Crippen LogP) is 0.282. The molecule has 1 aliphatic heterocycles. The van der Waals surface area contributed by atoms with E-state index in [0.29, 0.717) is 24.4 Å². The van der Waals surface area contributed by atoms with Crippen LogP contribution in [0.3, 0.4) is 0 Å². The lowest BCUT2D eigenvalue weighted by molar-refractivity contribution is -0.128. The van der Waals surface area contributed by atoms with Gasteiger partial charge < -0.3 is 20.7 Å². The first-order valence-electron chi connectivity index (χ1n) is 6.57. The first-order valence-corrected chi connectivity index (χ1v) is 6.57. The van der Waals surface area contributed by atoms with E-state index >= 15 is 0 Å².